The molecule has 1 aromatic rings. The molecule has 1 aromatic carbocycles. The van der Waals surface area contributed by atoms with Crippen LogP contribution in [0.3, 0.4) is 0 Å². The maximum Gasteiger partial charge on any atom is 0.308 e. The zero-order valence-corrected chi connectivity index (χ0v) is 24.3. The number of halogens is 1. The number of alkyl halides is 1. The van der Waals surface area contributed by atoms with Crippen LogP contribution in [0.4, 0.5) is 0 Å². The van der Waals surface area contributed by atoms with Crippen LogP contribution in [0.15, 0.2) is 43.0 Å². The molecule has 0 aliphatic carbocycles. The molecule has 0 saturated carbocycles. The zero-order chi connectivity index (χ0) is 27.7. The fourth-order valence-electron chi connectivity index (χ4n) is 6.87. The number of carboxylic acid groups (broad SMARTS) is 1. The number of benzene rings is 1. The van der Waals surface area contributed by atoms with Crippen molar-refractivity contribution < 1.29 is 29.3 Å². The van der Waals surface area contributed by atoms with Crippen molar-refractivity contribution in [2.75, 3.05) is 52.5 Å². The van der Waals surface area contributed by atoms with Gasteiger partial charge < -0.3 is 24.7 Å². The molecule has 4 saturated heterocycles. The number of amides is 2. The molecule has 2 N–H and O–H groups in total. The molecule has 4 aliphatic rings. The number of aliphatic hydroxyl groups is 1. The van der Waals surface area contributed by atoms with E-state index in [2.05, 4.69) is 27.4 Å². The van der Waals surface area contributed by atoms with E-state index in [-0.39, 0.29) is 28.5 Å². The molecule has 212 valence electrons. The highest BCUT2D eigenvalue weighted by Gasteiger charge is 2.76. The topological polar surface area (TPSA) is 111 Å². The maximum absolute atomic E-state index is 14.5. The molecule has 4 heterocycles. The first-order valence-electron chi connectivity index (χ1n) is 13.5. The highest BCUT2D eigenvalue weighted by molar-refractivity contribution is 9.09. The van der Waals surface area contributed by atoms with Gasteiger partial charge in [-0.2, -0.15) is 0 Å². The largest absolute Gasteiger partial charge is 0.481 e. The number of nitrogens with zero attached hydrogens (tertiary/aromatic N) is 3. The lowest BCUT2D eigenvalue weighted by Crippen LogP contribution is -2.59. The Hall–Kier alpha value is -1.92. The Morgan fingerprint density at radius 3 is 2.64 bits per heavy atom. The second-order valence-corrected chi connectivity index (χ2v) is 13.5. The number of hydrogen-bond donors (Lipinski definition) is 2. The Morgan fingerprint density at radius 2 is 2.00 bits per heavy atom. The van der Waals surface area contributed by atoms with Crippen molar-refractivity contribution >= 4 is 45.5 Å². The molecule has 0 radical (unpaired) electrons. The van der Waals surface area contributed by atoms with Gasteiger partial charge >= 0.3 is 5.97 Å². The fraction of sp³-hybridized carbons (Fsp3) is 0.607. The average Bonchev–Trinajstić information content (AvgIpc) is 3.54. The van der Waals surface area contributed by atoms with Gasteiger partial charge in [-0.1, -0.05) is 52.3 Å². The number of rotatable bonds is 11. The Kier molecular flexibility index (Phi) is 8.73. The number of likely N-dealkylation sites (tertiary alicyclic amines) is 1. The summed E-state index contributed by atoms with van der Waals surface area (Å²) in [5.41, 5.74) is 0.936. The fourth-order valence-corrected chi connectivity index (χ4v) is 10.5. The van der Waals surface area contributed by atoms with Crippen LogP contribution in [0.5, 0.6) is 0 Å². The second kappa shape index (κ2) is 11.9. The van der Waals surface area contributed by atoms with Crippen LogP contribution in [-0.2, 0) is 25.5 Å². The first-order chi connectivity index (χ1) is 18.8. The molecule has 5 rings (SSSR count). The van der Waals surface area contributed by atoms with Gasteiger partial charge in [0, 0.05) is 42.8 Å². The molecule has 9 nitrogen and oxygen atoms in total. The van der Waals surface area contributed by atoms with Gasteiger partial charge in [-0.3, -0.25) is 19.3 Å². The van der Waals surface area contributed by atoms with Crippen LogP contribution < -0.4 is 0 Å². The van der Waals surface area contributed by atoms with Gasteiger partial charge in [-0.15, -0.1) is 18.3 Å². The number of aliphatic hydroxyl groups excluding tert-OH is 1. The van der Waals surface area contributed by atoms with E-state index < -0.39 is 34.6 Å². The minimum atomic E-state index is -1.01. The molecule has 11 heteroatoms. The first-order valence-corrected chi connectivity index (χ1v) is 15.3. The van der Waals surface area contributed by atoms with Crippen molar-refractivity contribution in [1.29, 1.82) is 0 Å². The highest BCUT2D eigenvalue weighted by Crippen LogP contribution is 2.68. The third kappa shape index (κ3) is 5.16. The molecule has 7 atom stereocenters. The number of carboxylic acids is 1. The van der Waals surface area contributed by atoms with E-state index in [1.807, 2.05) is 30.3 Å². The van der Waals surface area contributed by atoms with E-state index >= 15 is 0 Å². The molecule has 1 spiro atoms. The summed E-state index contributed by atoms with van der Waals surface area (Å²) in [6.07, 6.45) is 2.58. The van der Waals surface area contributed by atoms with Crippen LogP contribution in [-0.4, -0.2) is 122 Å². The molecule has 4 fully saturated rings. The van der Waals surface area contributed by atoms with E-state index in [0.717, 1.165) is 18.7 Å². The summed E-state index contributed by atoms with van der Waals surface area (Å²) in [5, 5.41) is 20.5. The molecular formula is C28H36BrN3O6S. The van der Waals surface area contributed by atoms with Crippen molar-refractivity contribution in [3.63, 3.8) is 0 Å². The number of fused-ring (bicyclic) bond motifs is 1. The number of thioether (sulfide) groups is 1. The number of carbonyl (C=O) groups is 3. The molecule has 4 aliphatic heterocycles. The molecular weight excluding hydrogens is 586 g/mol. The number of hydrogen-bond acceptors (Lipinski definition) is 7. The number of ether oxygens (including phenoxy) is 1. The van der Waals surface area contributed by atoms with Crippen LogP contribution >= 0.6 is 27.7 Å². The minimum absolute atomic E-state index is 0.120. The summed E-state index contributed by atoms with van der Waals surface area (Å²) < 4.78 is 4.58. The average molecular weight is 623 g/mol. The van der Waals surface area contributed by atoms with Gasteiger partial charge in [0.1, 0.15) is 6.04 Å². The molecule has 2 amide bonds. The standard InChI is InChI=1S/C28H36BrN3O6S/c1-2-8-31(10-9-30-11-13-38-14-12-30)26(35)24-28-16-20(29)23(39-28)21(27(36)37)22(28)25(34)32(24)19(17-33)15-18-6-4-3-5-7-18/h2-7,19-24,33H,1,8-17H2,(H,36,37)/t19-,20?,21-,22+,23-,24?,28?/m1/s1. The van der Waals surface area contributed by atoms with Crippen LogP contribution in [0.25, 0.3) is 0 Å². The minimum Gasteiger partial charge on any atom is -0.481 e. The summed E-state index contributed by atoms with van der Waals surface area (Å²) >= 11 is 5.17. The summed E-state index contributed by atoms with van der Waals surface area (Å²) in [6.45, 7) is 7.89. The van der Waals surface area contributed by atoms with Crippen molar-refractivity contribution in [2.24, 2.45) is 11.8 Å². The van der Waals surface area contributed by atoms with E-state index in [1.165, 1.54) is 11.8 Å². The Bertz CT molecular complexity index is 1090. The summed E-state index contributed by atoms with van der Waals surface area (Å²) in [6, 6.07) is 8.04. The van der Waals surface area contributed by atoms with Gasteiger partial charge in [0.05, 0.1) is 42.4 Å². The lowest BCUT2D eigenvalue weighted by atomic mass is 9.71. The maximum atomic E-state index is 14.5. The lowest BCUT2D eigenvalue weighted by molar-refractivity contribution is -0.149. The SMILES string of the molecule is C=CCN(CCN1CCOCC1)C(=O)C1N([C@@H](CO)Cc2ccccc2)C(=O)[C@@H]2[C@@H](C(=O)O)[C@@H]3SC12CC3Br. The van der Waals surface area contributed by atoms with E-state index in [1.54, 1.807) is 15.9 Å². The lowest BCUT2D eigenvalue weighted by Gasteiger charge is -2.40. The van der Waals surface area contributed by atoms with Gasteiger partial charge in [0.15, 0.2) is 0 Å². The first kappa shape index (κ1) is 28.6. The predicted molar refractivity (Wildman–Crippen MR) is 152 cm³/mol. The summed E-state index contributed by atoms with van der Waals surface area (Å²) in [5.74, 6) is -3.26. The van der Waals surface area contributed by atoms with Crippen molar-refractivity contribution in [3.05, 3.63) is 48.6 Å². The van der Waals surface area contributed by atoms with Crippen LogP contribution in [0, 0.1) is 11.8 Å². The molecule has 3 unspecified atom stereocenters. The zero-order valence-electron chi connectivity index (χ0n) is 21.9. The highest BCUT2D eigenvalue weighted by atomic mass is 79.9. The Morgan fingerprint density at radius 1 is 1.28 bits per heavy atom. The second-order valence-electron chi connectivity index (χ2n) is 10.8. The third-order valence-electron chi connectivity index (χ3n) is 8.62. The van der Waals surface area contributed by atoms with E-state index in [0.29, 0.717) is 45.7 Å². The molecule has 0 aromatic heterocycles. The van der Waals surface area contributed by atoms with Crippen molar-refractivity contribution in [2.45, 2.75) is 39.7 Å². The third-order valence-corrected chi connectivity index (χ3v) is 11.8. The van der Waals surface area contributed by atoms with Gasteiger partial charge in [-0.25, -0.2) is 0 Å². The predicted octanol–water partition coefficient (Wildman–Crippen LogP) is 1.49. The normalized spacial score (nSPS) is 32.7. The monoisotopic (exact) mass is 621 g/mol. The Balaban J connectivity index is 1.51. The molecule has 2 bridgehead atoms. The van der Waals surface area contributed by atoms with E-state index in [9.17, 15) is 24.6 Å². The Labute approximate surface area is 241 Å². The van der Waals surface area contributed by atoms with Gasteiger partial charge in [0.2, 0.25) is 11.8 Å². The van der Waals surface area contributed by atoms with Crippen LogP contribution in [0.1, 0.15) is 12.0 Å². The van der Waals surface area contributed by atoms with Gasteiger partial charge in [0.25, 0.3) is 0 Å². The van der Waals surface area contributed by atoms with Gasteiger partial charge in [-0.05, 0) is 18.4 Å². The summed E-state index contributed by atoms with van der Waals surface area (Å²) in [4.78, 5) is 46.6. The number of morpholine rings is 1. The molecule has 39 heavy (non-hydrogen) atoms. The number of carbonyl (C=O) groups excluding carboxylic acids is 2. The van der Waals surface area contributed by atoms with Crippen molar-refractivity contribution in [1.82, 2.24) is 14.7 Å². The van der Waals surface area contributed by atoms with E-state index in [4.69, 9.17) is 4.74 Å². The van der Waals surface area contributed by atoms with Crippen molar-refractivity contribution in [3.8, 4) is 0 Å². The quantitative estimate of drug-likeness (QED) is 0.282. The smallest absolute Gasteiger partial charge is 0.308 e. The number of aliphatic carboxylic acids is 1. The summed E-state index contributed by atoms with van der Waals surface area (Å²) in [7, 11) is 0. The van der Waals surface area contributed by atoms with Crippen LogP contribution in [0.2, 0.25) is 0 Å².